The first kappa shape index (κ1) is 17.5. The Morgan fingerprint density at radius 2 is 2.16 bits per heavy atom. The molecule has 0 aliphatic carbocycles. The molecule has 0 bridgehead atoms. The number of H-pyrrole nitrogens is 1. The quantitative estimate of drug-likeness (QED) is 0.849. The molecular formula is C19H27N5O. The fourth-order valence-corrected chi connectivity index (χ4v) is 3.39. The Morgan fingerprint density at radius 3 is 2.84 bits per heavy atom. The van der Waals surface area contributed by atoms with Gasteiger partial charge in [0, 0.05) is 38.4 Å². The number of rotatable bonds is 6. The summed E-state index contributed by atoms with van der Waals surface area (Å²) < 4.78 is 0. The summed E-state index contributed by atoms with van der Waals surface area (Å²) in [6.45, 7) is 2.34. The van der Waals surface area contributed by atoms with Gasteiger partial charge in [0.05, 0.1) is 6.04 Å². The van der Waals surface area contributed by atoms with Crippen molar-refractivity contribution in [1.82, 2.24) is 25.1 Å². The van der Waals surface area contributed by atoms with Crippen molar-refractivity contribution in [1.29, 1.82) is 0 Å². The van der Waals surface area contributed by atoms with E-state index in [1.807, 2.05) is 4.90 Å². The Labute approximate surface area is 149 Å². The van der Waals surface area contributed by atoms with E-state index in [4.69, 9.17) is 0 Å². The summed E-state index contributed by atoms with van der Waals surface area (Å²) >= 11 is 0. The molecule has 6 heteroatoms. The molecule has 0 unspecified atom stereocenters. The molecule has 0 saturated carbocycles. The van der Waals surface area contributed by atoms with E-state index in [1.54, 1.807) is 12.4 Å². The number of aromatic nitrogens is 2. The van der Waals surface area contributed by atoms with E-state index in [0.29, 0.717) is 6.54 Å². The molecule has 1 aromatic heterocycles. The first-order valence-electron chi connectivity index (χ1n) is 8.90. The van der Waals surface area contributed by atoms with Crippen LogP contribution in [0.5, 0.6) is 0 Å². The number of imidazole rings is 1. The number of aromatic amines is 1. The number of hydrogen-bond donors (Lipinski definition) is 2. The van der Waals surface area contributed by atoms with Gasteiger partial charge in [0.25, 0.3) is 0 Å². The monoisotopic (exact) mass is 341 g/mol. The van der Waals surface area contributed by atoms with Crippen molar-refractivity contribution < 1.29 is 4.79 Å². The lowest BCUT2D eigenvalue weighted by atomic mass is 10.0. The molecule has 134 valence electrons. The predicted octanol–water partition coefficient (Wildman–Crippen LogP) is 2.56. The molecule has 1 atom stereocenters. The number of benzene rings is 1. The molecule has 1 saturated heterocycles. The first-order chi connectivity index (χ1) is 12.1. The largest absolute Gasteiger partial charge is 0.349 e. The van der Waals surface area contributed by atoms with Crippen LogP contribution >= 0.6 is 0 Å². The maximum atomic E-state index is 12.5. The fourth-order valence-electron chi connectivity index (χ4n) is 3.39. The van der Waals surface area contributed by atoms with E-state index >= 15 is 0 Å². The minimum Gasteiger partial charge on any atom is -0.349 e. The van der Waals surface area contributed by atoms with Crippen LogP contribution in [0.1, 0.15) is 35.8 Å². The van der Waals surface area contributed by atoms with Crippen LogP contribution in [0, 0.1) is 0 Å². The van der Waals surface area contributed by atoms with E-state index in [1.165, 1.54) is 11.1 Å². The molecule has 2 aromatic rings. The van der Waals surface area contributed by atoms with Gasteiger partial charge in [-0.3, -0.25) is 0 Å². The van der Waals surface area contributed by atoms with Gasteiger partial charge in [-0.2, -0.15) is 0 Å². The highest BCUT2D eigenvalue weighted by Crippen LogP contribution is 2.32. The van der Waals surface area contributed by atoms with Gasteiger partial charge in [-0.25, -0.2) is 9.78 Å². The third kappa shape index (κ3) is 4.60. The Balaban J connectivity index is 1.56. The molecule has 2 heterocycles. The van der Waals surface area contributed by atoms with Gasteiger partial charge in [-0.05, 0) is 38.1 Å². The average molecular weight is 341 g/mol. The van der Waals surface area contributed by atoms with Crippen LogP contribution in [0.25, 0.3) is 0 Å². The van der Waals surface area contributed by atoms with Crippen LogP contribution in [0.2, 0.25) is 0 Å². The number of amides is 2. The molecule has 2 amide bonds. The summed E-state index contributed by atoms with van der Waals surface area (Å²) in [7, 11) is 4.14. The topological polar surface area (TPSA) is 64.3 Å². The third-order valence-electron chi connectivity index (χ3n) is 4.57. The predicted molar refractivity (Wildman–Crippen MR) is 98.2 cm³/mol. The van der Waals surface area contributed by atoms with E-state index in [2.05, 4.69) is 58.5 Å². The fraction of sp³-hybridized carbons (Fsp3) is 0.474. The van der Waals surface area contributed by atoms with Gasteiger partial charge in [0.15, 0.2) is 0 Å². The van der Waals surface area contributed by atoms with Crippen LogP contribution in [0.15, 0.2) is 36.7 Å². The summed E-state index contributed by atoms with van der Waals surface area (Å²) in [5.74, 6) is 0.898. The molecule has 1 aromatic carbocycles. The number of nitrogens with one attached hydrogen (secondary N) is 2. The van der Waals surface area contributed by atoms with Gasteiger partial charge in [0.2, 0.25) is 0 Å². The molecule has 3 rings (SSSR count). The maximum Gasteiger partial charge on any atom is 0.317 e. The molecule has 6 nitrogen and oxygen atoms in total. The summed E-state index contributed by atoms with van der Waals surface area (Å²) in [5, 5.41) is 3.02. The van der Waals surface area contributed by atoms with Gasteiger partial charge < -0.3 is 20.1 Å². The van der Waals surface area contributed by atoms with Crippen LogP contribution in [0.3, 0.4) is 0 Å². The maximum absolute atomic E-state index is 12.5. The van der Waals surface area contributed by atoms with Crippen LogP contribution in [-0.4, -0.2) is 53.0 Å². The highest BCUT2D eigenvalue weighted by atomic mass is 16.2. The Kier molecular flexibility index (Phi) is 5.71. The first-order valence-corrected chi connectivity index (χ1v) is 8.90. The van der Waals surface area contributed by atoms with E-state index < -0.39 is 0 Å². The normalized spacial score (nSPS) is 17.2. The number of carbonyl (C=O) groups excluding carboxylic acids is 1. The summed E-state index contributed by atoms with van der Waals surface area (Å²) in [4.78, 5) is 23.9. The number of carbonyl (C=O) groups is 1. The Hall–Kier alpha value is -2.34. The molecule has 25 heavy (non-hydrogen) atoms. The Bertz CT molecular complexity index is 666. The zero-order chi connectivity index (χ0) is 17.6. The molecule has 1 fully saturated rings. The smallest absolute Gasteiger partial charge is 0.317 e. The number of likely N-dealkylation sites (tertiary alicyclic amines) is 1. The lowest BCUT2D eigenvalue weighted by Crippen LogP contribution is -2.40. The minimum atomic E-state index is 0.0198. The van der Waals surface area contributed by atoms with Crippen molar-refractivity contribution in [3.05, 3.63) is 53.6 Å². The van der Waals surface area contributed by atoms with Gasteiger partial charge in [0.1, 0.15) is 5.82 Å². The molecule has 1 aliphatic heterocycles. The lowest BCUT2D eigenvalue weighted by Gasteiger charge is -2.25. The summed E-state index contributed by atoms with van der Waals surface area (Å²) in [5.41, 5.74) is 2.52. The van der Waals surface area contributed by atoms with E-state index in [-0.39, 0.29) is 12.1 Å². The molecule has 0 spiro atoms. The van der Waals surface area contributed by atoms with Crippen LogP contribution in [-0.2, 0) is 13.0 Å². The van der Waals surface area contributed by atoms with Crippen molar-refractivity contribution >= 4 is 6.03 Å². The van der Waals surface area contributed by atoms with Gasteiger partial charge in [-0.1, -0.05) is 24.3 Å². The SMILES string of the molecule is CN(C)Cc1ccc([C@@H]2CCCN2C(=O)NCCc2ncc[nH]2)cc1. The van der Waals surface area contributed by atoms with Crippen molar-refractivity contribution in [2.24, 2.45) is 0 Å². The van der Waals surface area contributed by atoms with Crippen molar-refractivity contribution in [2.75, 3.05) is 27.2 Å². The number of nitrogens with zero attached hydrogens (tertiary/aromatic N) is 3. The summed E-state index contributed by atoms with van der Waals surface area (Å²) in [6, 6.07) is 8.86. The number of hydrogen-bond acceptors (Lipinski definition) is 3. The second-order valence-electron chi connectivity index (χ2n) is 6.85. The van der Waals surface area contributed by atoms with Gasteiger partial charge in [-0.15, -0.1) is 0 Å². The average Bonchev–Trinajstić information content (AvgIpc) is 3.26. The van der Waals surface area contributed by atoms with E-state index in [0.717, 1.165) is 38.2 Å². The van der Waals surface area contributed by atoms with E-state index in [9.17, 15) is 4.79 Å². The second kappa shape index (κ2) is 8.16. The highest BCUT2D eigenvalue weighted by molar-refractivity contribution is 5.75. The third-order valence-corrected chi connectivity index (χ3v) is 4.57. The summed E-state index contributed by atoms with van der Waals surface area (Å²) in [6.07, 6.45) is 6.33. The van der Waals surface area contributed by atoms with Crippen LogP contribution in [0.4, 0.5) is 4.79 Å². The Morgan fingerprint density at radius 1 is 1.36 bits per heavy atom. The standard InChI is InChI=1S/C19H27N5O/c1-23(2)14-15-5-7-16(8-6-15)17-4-3-13-24(17)19(25)22-10-9-18-20-11-12-21-18/h5-8,11-12,17H,3-4,9-10,13-14H2,1-2H3,(H,20,21)(H,22,25)/t17-/m0/s1. The highest BCUT2D eigenvalue weighted by Gasteiger charge is 2.29. The van der Waals surface area contributed by atoms with Crippen LogP contribution < -0.4 is 5.32 Å². The molecule has 0 radical (unpaired) electrons. The van der Waals surface area contributed by atoms with Gasteiger partial charge >= 0.3 is 6.03 Å². The second-order valence-corrected chi connectivity index (χ2v) is 6.85. The number of urea groups is 1. The molecule has 1 aliphatic rings. The molecular weight excluding hydrogens is 314 g/mol. The zero-order valence-electron chi connectivity index (χ0n) is 15.0. The minimum absolute atomic E-state index is 0.0198. The molecule has 2 N–H and O–H groups in total. The van der Waals surface area contributed by atoms with Crippen molar-refractivity contribution in [2.45, 2.75) is 31.8 Å². The van der Waals surface area contributed by atoms with Crippen molar-refractivity contribution in [3.8, 4) is 0 Å². The zero-order valence-corrected chi connectivity index (χ0v) is 15.0. The van der Waals surface area contributed by atoms with Crippen molar-refractivity contribution in [3.63, 3.8) is 0 Å². The lowest BCUT2D eigenvalue weighted by molar-refractivity contribution is 0.193.